The van der Waals surface area contributed by atoms with Crippen molar-refractivity contribution in [2.45, 2.75) is 45.7 Å². The molecule has 0 bridgehead atoms. The number of fused-ring (bicyclic) bond motifs is 1. The highest BCUT2D eigenvalue weighted by Gasteiger charge is 2.21. The summed E-state index contributed by atoms with van der Waals surface area (Å²) in [5.41, 5.74) is 2.52. The van der Waals surface area contributed by atoms with Gasteiger partial charge in [-0.25, -0.2) is 0 Å². The predicted molar refractivity (Wildman–Crippen MR) is 85.2 cm³/mol. The van der Waals surface area contributed by atoms with E-state index in [1.807, 2.05) is 0 Å². The molecule has 0 fully saturated rings. The van der Waals surface area contributed by atoms with Crippen molar-refractivity contribution in [3.63, 3.8) is 0 Å². The Morgan fingerprint density at radius 2 is 2.10 bits per heavy atom. The van der Waals surface area contributed by atoms with E-state index in [1.165, 1.54) is 11.1 Å². The minimum Gasteiger partial charge on any atom is -0.493 e. The van der Waals surface area contributed by atoms with Crippen LogP contribution in [-0.4, -0.2) is 35.8 Å². The highest BCUT2D eigenvalue weighted by Crippen LogP contribution is 2.34. The van der Waals surface area contributed by atoms with Gasteiger partial charge in [-0.2, -0.15) is 0 Å². The van der Waals surface area contributed by atoms with Gasteiger partial charge in [0, 0.05) is 35.6 Å². The summed E-state index contributed by atoms with van der Waals surface area (Å²) in [7, 11) is 0. The minimum atomic E-state index is 0.202. The van der Waals surface area contributed by atoms with Gasteiger partial charge in [0.25, 0.3) is 0 Å². The van der Waals surface area contributed by atoms with Gasteiger partial charge in [-0.05, 0) is 30.5 Å². The van der Waals surface area contributed by atoms with E-state index in [4.69, 9.17) is 4.74 Å². The SMILES string of the molecule is CCC(CC)N(CCO)Cc1cc(Br)cc2c1OCC2. The molecule has 0 amide bonds. The van der Waals surface area contributed by atoms with Gasteiger partial charge < -0.3 is 9.84 Å². The van der Waals surface area contributed by atoms with E-state index in [0.29, 0.717) is 12.6 Å². The number of ether oxygens (including phenoxy) is 1. The third-order valence-electron chi connectivity index (χ3n) is 4.04. The molecule has 2 rings (SSSR count). The largest absolute Gasteiger partial charge is 0.493 e. The maximum absolute atomic E-state index is 9.32. The summed E-state index contributed by atoms with van der Waals surface area (Å²) in [5, 5.41) is 9.32. The lowest BCUT2D eigenvalue weighted by Crippen LogP contribution is -2.36. The van der Waals surface area contributed by atoms with Crippen molar-refractivity contribution >= 4 is 15.9 Å². The van der Waals surface area contributed by atoms with Crippen LogP contribution in [0.25, 0.3) is 0 Å². The molecule has 0 aliphatic carbocycles. The van der Waals surface area contributed by atoms with E-state index in [9.17, 15) is 5.11 Å². The molecule has 1 aromatic rings. The molecule has 112 valence electrons. The predicted octanol–water partition coefficient (Wildman–Crippen LogP) is 3.37. The summed E-state index contributed by atoms with van der Waals surface area (Å²) in [6.45, 7) is 6.96. The van der Waals surface area contributed by atoms with E-state index >= 15 is 0 Å². The van der Waals surface area contributed by atoms with Crippen LogP contribution in [0.3, 0.4) is 0 Å². The van der Waals surface area contributed by atoms with Gasteiger partial charge in [-0.1, -0.05) is 29.8 Å². The van der Waals surface area contributed by atoms with E-state index in [0.717, 1.165) is 42.6 Å². The summed E-state index contributed by atoms with van der Waals surface area (Å²) in [5.74, 6) is 1.06. The number of aliphatic hydroxyl groups is 1. The number of halogens is 1. The number of rotatable bonds is 7. The molecule has 0 radical (unpaired) electrons. The van der Waals surface area contributed by atoms with Crippen LogP contribution >= 0.6 is 15.9 Å². The Balaban J connectivity index is 2.22. The van der Waals surface area contributed by atoms with Gasteiger partial charge in [0.1, 0.15) is 5.75 Å². The van der Waals surface area contributed by atoms with Crippen molar-refractivity contribution in [1.82, 2.24) is 4.90 Å². The Morgan fingerprint density at radius 3 is 2.75 bits per heavy atom. The van der Waals surface area contributed by atoms with E-state index < -0.39 is 0 Å². The van der Waals surface area contributed by atoms with Crippen molar-refractivity contribution < 1.29 is 9.84 Å². The molecule has 1 aromatic carbocycles. The van der Waals surface area contributed by atoms with Crippen molar-refractivity contribution in [1.29, 1.82) is 0 Å². The first-order valence-electron chi connectivity index (χ1n) is 7.48. The number of nitrogens with zero attached hydrogens (tertiary/aromatic N) is 1. The van der Waals surface area contributed by atoms with Crippen LogP contribution in [0, 0.1) is 0 Å². The number of hydrogen-bond donors (Lipinski definition) is 1. The summed E-state index contributed by atoms with van der Waals surface area (Å²) < 4.78 is 6.92. The van der Waals surface area contributed by atoms with E-state index in [1.54, 1.807) is 0 Å². The third-order valence-corrected chi connectivity index (χ3v) is 4.50. The van der Waals surface area contributed by atoms with Crippen LogP contribution in [0.5, 0.6) is 5.75 Å². The molecule has 1 N–H and O–H groups in total. The highest BCUT2D eigenvalue weighted by atomic mass is 79.9. The Hall–Kier alpha value is -0.580. The van der Waals surface area contributed by atoms with Gasteiger partial charge in [0.15, 0.2) is 0 Å². The van der Waals surface area contributed by atoms with Gasteiger partial charge in [0.2, 0.25) is 0 Å². The normalized spacial score (nSPS) is 13.9. The zero-order chi connectivity index (χ0) is 14.5. The number of benzene rings is 1. The lowest BCUT2D eigenvalue weighted by Gasteiger charge is -2.30. The molecule has 0 spiro atoms. The van der Waals surface area contributed by atoms with Crippen LogP contribution in [0.2, 0.25) is 0 Å². The molecule has 3 nitrogen and oxygen atoms in total. The first-order valence-corrected chi connectivity index (χ1v) is 8.27. The van der Waals surface area contributed by atoms with E-state index in [-0.39, 0.29) is 6.61 Å². The zero-order valence-electron chi connectivity index (χ0n) is 12.4. The second-order valence-corrected chi connectivity index (χ2v) is 6.23. The monoisotopic (exact) mass is 341 g/mol. The maximum atomic E-state index is 9.32. The van der Waals surface area contributed by atoms with Crippen LogP contribution < -0.4 is 4.74 Å². The smallest absolute Gasteiger partial charge is 0.127 e. The van der Waals surface area contributed by atoms with Crippen molar-refractivity contribution in [2.75, 3.05) is 19.8 Å². The second-order valence-electron chi connectivity index (χ2n) is 5.32. The fourth-order valence-corrected chi connectivity index (χ4v) is 3.56. The van der Waals surface area contributed by atoms with Crippen LogP contribution in [0.4, 0.5) is 0 Å². The Bertz CT molecular complexity index is 446. The number of aliphatic hydroxyl groups excluding tert-OH is 1. The third kappa shape index (κ3) is 3.54. The number of hydrogen-bond acceptors (Lipinski definition) is 3. The average Bonchev–Trinajstić information content (AvgIpc) is 2.88. The minimum absolute atomic E-state index is 0.202. The second kappa shape index (κ2) is 7.43. The van der Waals surface area contributed by atoms with Gasteiger partial charge in [-0.15, -0.1) is 0 Å². The first-order chi connectivity index (χ1) is 9.69. The summed E-state index contributed by atoms with van der Waals surface area (Å²) >= 11 is 3.59. The molecular formula is C16H24BrNO2. The Kier molecular flexibility index (Phi) is 5.87. The Morgan fingerprint density at radius 1 is 1.35 bits per heavy atom. The van der Waals surface area contributed by atoms with Crippen molar-refractivity contribution in [3.8, 4) is 5.75 Å². The molecule has 0 aromatic heterocycles. The lowest BCUT2D eigenvalue weighted by atomic mass is 10.1. The molecule has 4 heteroatoms. The standard InChI is InChI=1S/C16H24BrNO2/c1-3-15(4-2)18(6-7-19)11-13-10-14(17)9-12-5-8-20-16(12)13/h9-10,15,19H,3-8,11H2,1-2H3. The molecular weight excluding hydrogens is 318 g/mol. The van der Waals surface area contributed by atoms with Gasteiger partial charge in [0.05, 0.1) is 13.2 Å². The lowest BCUT2D eigenvalue weighted by molar-refractivity contribution is 0.135. The summed E-state index contributed by atoms with van der Waals surface area (Å²) in [6, 6.07) is 4.81. The summed E-state index contributed by atoms with van der Waals surface area (Å²) in [6.07, 6.45) is 3.20. The quantitative estimate of drug-likeness (QED) is 0.825. The van der Waals surface area contributed by atoms with Crippen LogP contribution in [-0.2, 0) is 13.0 Å². The van der Waals surface area contributed by atoms with Gasteiger partial charge >= 0.3 is 0 Å². The molecule has 0 saturated carbocycles. The fourth-order valence-electron chi connectivity index (χ4n) is 3.01. The average molecular weight is 342 g/mol. The van der Waals surface area contributed by atoms with E-state index in [2.05, 4.69) is 46.8 Å². The zero-order valence-corrected chi connectivity index (χ0v) is 13.9. The fraction of sp³-hybridized carbons (Fsp3) is 0.625. The summed E-state index contributed by atoms with van der Waals surface area (Å²) in [4.78, 5) is 2.36. The Labute approximate surface area is 130 Å². The van der Waals surface area contributed by atoms with Crippen molar-refractivity contribution in [3.05, 3.63) is 27.7 Å². The van der Waals surface area contributed by atoms with Crippen LogP contribution in [0.1, 0.15) is 37.8 Å². The molecule has 1 heterocycles. The van der Waals surface area contributed by atoms with Gasteiger partial charge in [-0.3, -0.25) is 4.90 Å². The molecule has 0 unspecified atom stereocenters. The first kappa shape index (κ1) is 15.8. The molecule has 20 heavy (non-hydrogen) atoms. The molecule has 1 aliphatic rings. The molecule has 1 aliphatic heterocycles. The maximum Gasteiger partial charge on any atom is 0.127 e. The van der Waals surface area contributed by atoms with Crippen LogP contribution in [0.15, 0.2) is 16.6 Å². The highest BCUT2D eigenvalue weighted by molar-refractivity contribution is 9.10. The molecule has 0 saturated heterocycles. The molecule has 0 atom stereocenters. The van der Waals surface area contributed by atoms with Crippen molar-refractivity contribution in [2.24, 2.45) is 0 Å². The topological polar surface area (TPSA) is 32.7 Å².